The number of para-hydroxylation sites is 3. The molecule has 0 N–H and O–H groups in total. The zero-order valence-corrected chi connectivity index (χ0v) is 29.5. The maximum Gasteiger partial charge on any atom is 0.160 e. The molecule has 0 atom stereocenters. The van der Waals surface area contributed by atoms with Gasteiger partial charge in [0, 0.05) is 55.7 Å². The van der Waals surface area contributed by atoms with Crippen LogP contribution >= 0.6 is 0 Å². The topological polar surface area (TPSA) is 35.6 Å². The highest BCUT2D eigenvalue weighted by Crippen LogP contribution is 2.50. The van der Waals surface area contributed by atoms with Crippen LogP contribution in [-0.2, 0) is 5.41 Å². The first kappa shape index (κ1) is 29.9. The predicted octanol–water partition coefficient (Wildman–Crippen LogP) is 12.3. The Morgan fingerprint density at radius 1 is 0.472 bits per heavy atom. The molecule has 0 spiro atoms. The molecule has 4 nitrogen and oxygen atoms in total. The predicted molar refractivity (Wildman–Crippen MR) is 219 cm³/mol. The van der Waals surface area contributed by atoms with E-state index in [1.165, 1.54) is 55.0 Å². The number of fused-ring (bicyclic) bond motifs is 9. The first-order valence-corrected chi connectivity index (χ1v) is 18.3. The van der Waals surface area contributed by atoms with Crippen LogP contribution in [-0.4, -0.2) is 19.1 Å². The fraction of sp³-hybridized carbons (Fsp3) is 0.0612. The third kappa shape index (κ3) is 4.36. The maximum atomic E-state index is 5.37. The molecule has 0 saturated heterocycles. The van der Waals surface area contributed by atoms with Crippen LogP contribution < -0.4 is 0 Å². The smallest absolute Gasteiger partial charge is 0.160 e. The van der Waals surface area contributed by atoms with Gasteiger partial charge in [-0.05, 0) is 76.9 Å². The Balaban J connectivity index is 1.10. The number of nitrogens with zero attached hydrogens (tertiary/aromatic N) is 4. The minimum atomic E-state index is -0.0995. The summed E-state index contributed by atoms with van der Waals surface area (Å²) in [5, 5.41) is 4.72. The van der Waals surface area contributed by atoms with Gasteiger partial charge >= 0.3 is 0 Å². The molecule has 3 aromatic heterocycles. The van der Waals surface area contributed by atoms with Crippen LogP contribution in [0.4, 0.5) is 0 Å². The van der Waals surface area contributed by atoms with E-state index in [1.54, 1.807) is 0 Å². The molecule has 11 rings (SSSR count). The molecular formula is C49H34N4. The molecular weight excluding hydrogens is 645 g/mol. The fourth-order valence-corrected chi connectivity index (χ4v) is 8.82. The van der Waals surface area contributed by atoms with E-state index in [2.05, 4.69) is 193 Å². The van der Waals surface area contributed by atoms with Crippen molar-refractivity contribution >= 4 is 43.6 Å². The van der Waals surface area contributed by atoms with Gasteiger partial charge in [0.1, 0.15) is 0 Å². The van der Waals surface area contributed by atoms with Crippen molar-refractivity contribution in [2.45, 2.75) is 19.3 Å². The van der Waals surface area contributed by atoms with Crippen LogP contribution in [0.5, 0.6) is 0 Å². The van der Waals surface area contributed by atoms with Crippen molar-refractivity contribution in [3.8, 4) is 45.1 Å². The summed E-state index contributed by atoms with van der Waals surface area (Å²) in [6, 6.07) is 58.8. The second-order valence-electron chi connectivity index (χ2n) is 14.7. The van der Waals surface area contributed by atoms with E-state index >= 15 is 0 Å². The highest BCUT2D eigenvalue weighted by molar-refractivity contribution is 6.18. The van der Waals surface area contributed by atoms with Gasteiger partial charge in [-0.1, -0.05) is 123 Å². The lowest BCUT2D eigenvalue weighted by Gasteiger charge is -2.22. The SMILES string of the molecule is CC1(C)c2ccccc2-c2ccc(-c3nc(-c4cccc(-n5c6ccccc6c6ccc7c(ccn7-c7ccccc7)c65)c4)nc4ccccc34)cc21. The maximum absolute atomic E-state index is 5.37. The third-order valence-corrected chi connectivity index (χ3v) is 11.4. The summed E-state index contributed by atoms with van der Waals surface area (Å²) in [5.74, 6) is 0.713. The lowest BCUT2D eigenvalue weighted by Crippen LogP contribution is -2.15. The van der Waals surface area contributed by atoms with E-state index in [4.69, 9.17) is 9.97 Å². The van der Waals surface area contributed by atoms with Crippen molar-refractivity contribution in [1.82, 2.24) is 19.1 Å². The van der Waals surface area contributed by atoms with Crippen molar-refractivity contribution in [1.29, 1.82) is 0 Å². The zero-order valence-electron chi connectivity index (χ0n) is 29.5. The average Bonchev–Trinajstić information content (AvgIpc) is 3.86. The van der Waals surface area contributed by atoms with Gasteiger partial charge in [-0.2, -0.15) is 0 Å². The van der Waals surface area contributed by atoms with E-state index in [1.807, 2.05) is 0 Å². The molecule has 4 heteroatoms. The molecule has 0 fully saturated rings. The summed E-state index contributed by atoms with van der Waals surface area (Å²) in [5.41, 5.74) is 14.9. The molecule has 0 unspecified atom stereocenters. The molecule has 0 saturated carbocycles. The van der Waals surface area contributed by atoms with Crippen LogP contribution in [0.3, 0.4) is 0 Å². The van der Waals surface area contributed by atoms with Gasteiger partial charge in [-0.15, -0.1) is 0 Å². The molecule has 0 aliphatic heterocycles. The highest BCUT2D eigenvalue weighted by atomic mass is 15.0. The van der Waals surface area contributed by atoms with E-state index in [0.717, 1.165) is 39.1 Å². The average molecular weight is 679 g/mol. The molecule has 3 heterocycles. The first-order chi connectivity index (χ1) is 26.0. The van der Waals surface area contributed by atoms with E-state index in [9.17, 15) is 0 Å². The number of hydrogen-bond donors (Lipinski definition) is 0. The Hall–Kier alpha value is -6.78. The molecule has 1 aliphatic carbocycles. The van der Waals surface area contributed by atoms with Crippen LogP contribution in [0.15, 0.2) is 170 Å². The first-order valence-electron chi connectivity index (χ1n) is 18.3. The summed E-state index contributed by atoms with van der Waals surface area (Å²) < 4.78 is 4.68. The number of rotatable bonds is 4. The van der Waals surface area contributed by atoms with Gasteiger partial charge in [-0.25, -0.2) is 9.97 Å². The molecule has 10 aromatic rings. The van der Waals surface area contributed by atoms with Crippen molar-refractivity contribution in [3.05, 3.63) is 181 Å². The standard InChI is InChI=1S/C49H34N4/c1-49(2)41-20-9-6-17-35(41)36-24-23-31(30-42(36)49)46-39-19-7-10-21-43(39)50-48(51-46)32-13-12-16-34(29-32)53-45-22-11-8-18-37(45)38-25-26-44-40(47(38)53)27-28-52(44)33-14-4-3-5-15-33/h3-30H,1-2H3. The largest absolute Gasteiger partial charge is 0.316 e. The second kappa shape index (κ2) is 11.1. The number of aromatic nitrogens is 4. The Bertz CT molecular complexity index is 3090. The van der Waals surface area contributed by atoms with Crippen LogP contribution in [0.2, 0.25) is 0 Å². The van der Waals surface area contributed by atoms with Crippen LogP contribution in [0.1, 0.15) is 25.0 Å². The summed E-state index contributed by atoms with van der Waals surface area (Å²) in [4.78, 5) is 10.5. The van der Waals surface area contributed by atoms with E-state index in [-0.39, 0.29) is 5.41 Å². The Labute approximate surface area is 307 Å². The van der Waals surface area contributed by atoms with Crippen LogP contribution in [0, 0.1) is 0 Å². The van der Waals surface area contributed by atoms with Gasteiger partial charge in [0.15, 0.2) is 5.82 Å². The minimum Gasteiger partial charge on any atom is -0.316 e. The van der Waals surface area contributed by atoms with Gasteiger partial charge in [0.25, 0.3) is 0 Å². The summed E-state index contributed by atoms with van der Waals surface area (Å²) in [7, 11) is 0. The Morgan fingerprint density at radius 3 is 2.13 bits per heavy atom. The summed E-state index contributed by atoms with van der Waals surface area (Å²) in [6.45, 7) is 4.66. The van der Waals surface area contributed by atoms with Crippen LogP contribution in [0.25, 0.3) is 88.8 Å². The quantitative estimate of drug-likeness (QED) is 0.186. The normalized spacial score (nSPS) is 13.2. The van der Waals surface area contributed by atoms with Crippen molar-refractivity contribution in [2.24, 2.45) is 0 Å². The monoisotopic (exact) mass is 678 g/mol. The van der Waals surface area contributed by atoms with Gasteiger partial charge in [-0.3, -0.25) is 0 Å². The summed E-state index contributed by atoms with van der Waals surface area (Å²) in [6.07, 6.45) is 2.18. The van der Waals surface area contributed by atoms with Gasteiger partial charge < -0.3 is 9.13 Å². The zero-order chi connectivity index (χ0) is 35.3. The Kier molecular flexibility index (Phi) is 6.27. The van der Waals surface area contributed by atoms with Crippen molar-refractivity contribution in [3.63, 3.8) is 0 Å². The molecule has 53 heavy (non-hydrogen) atoms. The third-order valence-electron chi connectivity index (χ3n) is 11.4. The van der Waals surface area contributed by atoms with Gasteiger partial charge in [0.05, 0.1) is 27.8 Å². The highest BCUT2D eigenvalue weighted by Gasteiger charge is 2.35. The lowest BCUT2D eigenvalue weighted by molar-refractivity contribution is 0.660. The van der Waals surface area contributed by atoms with Crippen molar-refractivity contribution in [2.75, 3.05) is 0 Å². The lowest BCUT2D eigenvalue weighted by atomic mass is 9.82. The molecule has 7 aromatic carbocycles. The number of hydrogen-bond acceptors (Lipinski definition) is 2. The van der Waals surface area contributed by atoms with Gasteiger partial charge in [0.2, 0.25) is 0 Å². The number of benzene rings is 7. The molecule has 1 aliphatic rings. The molecule has 0 radical (unpaired) electrons. The van der Waals surface area contributed by atoms with E-state index < -0.39 is 0 Å². The second-order valence-corrected chi connectivity index (χ2v) is 14.7. The summed E-state index contributed by atoms with van der Waals surface area (Å²) >= 11 is 0. The van der Waals surface area contributed by atoms with E-state index in [0.29, 0.717) is 5.82 Å². The minimum absolute atomic E-state index is 0.0995. The Morgan fingerprint density at radius 2 is 1.23 bits per heavy atom. The molecule has 0 bridgehead atoms. The van der Waals surface area contributed by atoms with Crippen molar-refractivity contribution < 1.29 is 0 Å². The molecule has 0 amide bonds. The molecule has 250 valence electrons. The fourth-order valence-electron chi connectivity index (χ4n) is 8.82.